The molecule has 0 N–H and O–H groups in total. The molecule has 0 amide bonds. The molecule has 1 heterocycles. The number of ether oxygens (including phenoxy) is 2. The molecular weight excluding hydrogens is 649 g/mol. The van der Waals surface area contributed by atoms with Crippen molar-refractivity contribution in [2.24, 2.45) is 5.92 Å². The van der Waals surface area contributed by atoms with Gasteiger partial charge in [0.05, 0.1) is 41.7 Å². The van der Waals surface area contributed by atoms with Crippen molar-refractivity contribution < 1.29 is 31.2 Å². The number of benzene rings is 1. The molecule has 46 heavy (non-hydrogen) atoms. The van der Waals surface area contributed by atoms with Gasteiger partial charge in [-0.3, -0.25) is 0 Å². The standard InChI is InChI=1S/C35H68O7SSi3/c1-15-46(16-2,17-3)39-24-23-31-30(27-43(36,37)29-21-19-18-20-22-29)33(38-10)32(41-31)25-28(42-45(13,14)35(7,8)9)26-40-44(11,12)34(4,5)6/h18-22,28,30-33H,15-17,23-27H2,1-14H3/t28?,30?,31?,32?,33-/m1/s1. The van der Waals surface area contributed by atoms with Crippen LogP contribution in [0.3, 0.4) is 0 Å². The summed E-state index contributed by atoms with van der Waals surface area (Å²) in [7, 11) is -7.89. The topological polar surface area (TPSA) is 80.3 Å². The molecule has 0 aliphatic carbocycles. The lowest BCUT2D eigenvalue weighted by Crippen LogP contribution is -2.49. The Balaban J connectivity index is 2.43. The first kappa shape index (κ1) is 41.8. The maximum atomic E-state index is 13.7. The lowest BCUT2D eigenvalue weighted by Gasteiger charge is -2.42. The smallest absolute Gasteiger partial charge is 0.192 e. The maximum Gasteiger partial charge on any atom is 0.192 e. The molecule has 0 bridgehead atoms. The summed E-state index contributed by atoms with van der Waals surface area (Å²) >= 11 is 0. The van der Waals surface area contributed by atoms with E-state index in [9.17, 15) is 8.42 Å². The minimum atomic E-state index is -3.57. The first-order valence-corrected chi connectivity index (χ1v) is 27.5. The van der Waals surface area contributed by atoms with Crippen molar-refractivity contribution >= 4 is 34.8 Å². The van der Waals surface area contributed by atoms with Crippen LogP contribution in [-0.4, -0.2) is 83.9 Å². The average Bonchev–Trinajstić information content (AvgIpc) is 3.28. The normalized spacial score (nSPS) is 22.7. The zero-order valence-electron chi connectivity index (χ0n) is 31.7. The van der Waals surface area contributed by atoms with Crippen molar-refractivity contribution in [2.75, 3.05) is 26.1 Å². The highest BCUT2D eigenvalue weighted by molar-refractivity contribution is 7.91. The summed E-state index contributed by atoms with van der Waals surface area (Å²) in [5, 5.41) is 0.100. The Kier molecular flexibility index (Phi) is 15.0. The zero-order chi connectivity index (χ0) is 35.2. The summed E-state index contributed by atoms with van der Waals surface area (Å²) < 4.78 is 60.9. The molecule has 268 valence electrons. The third kappa shape index (κ3) is 10.8. The molecule has 2 rings (SSSR count). The summed E-state index contributed by atoms with van der Waals surface area (Å²) in [6.07, 6.45) is -0.00768. The van der Waals surface area contributed by atoms with E-state index in [1.54, 1.807) is 31.4 Å². The molecule has 1 aromatic rings. The van der Waals surface area contributed by atoms with Crippen molar-refractivity contribution in [3.63, 3.8) is 0 Å². The van der Waals surface area contributed by atoms with Crippen LogP contribution in [0, 0.1) is 5.92 Å². The van der Waals surface area contributed by atoms with E-state index < -0.39 is 40.9 Å². The van der Waals surface area contributed by atoms with Crippen molar-refractivity contribution in [3.8, 4) is 0 Å². The molecule has 11 heteroatoms. The van der Waals surface area contributed by atoms with Gasteiger partial charge in [0.25, 0.3) is 0 Å². The van der Waals surface area contributed by atoms with Gasteiger partial charge in [0, 0.05) is 26.1 Å². The van der Waals surface area contributed by atoms with Crippen LogP contribution in [0.2, 0.25) is 54.4 Å². The molecule has 7 nitrogen and oxygen atoms in total. The van der Waals surface area contributed by atoms with E-state index >= 15 is 0 Å². The van der Waals surface area contributed by atoms with Crippen molar-refractivity contribution in [1.29, 1.82) is 0 Å². The molecular formula is C35H68O7SSi3. The van der Waals surface area contributed by atoms with Gasteiger partial charge < -0.3 is 22.8 Å². The van der Waals surface area contributed by atoms with Gasteiger partial charge >= 0.3 is 0 Å². The molecule has 0 aromatic heterocycles. The molecule has 4 unspecified atom stereocenters. The van der Waals surface area contributed by atoms with Crippen LogP contribution in [0.25, 0.3) is 0 Å². The van der Waals surface area contributed by atoms with Crippen LogP contribution in [0.1, 0.15) is 75.2 Å². The van der Waals surface area contributed by atoms with Gasteiger partial charge in [0.2, 0.25) is 0 Å². The van der Waals surface area contributed by atoms with E-state index in [0.717, 1.165) is 18.1 Å². The van der Waals surface area contributed by atoms with E-state index in [-0.39, 0.29) is 40.1 Å². The Hall–Kier alpha value is -0.379. The Morgan fingerprint density at radius 1 is 0.826 bits per heavy atom. The molecule has 1 saturated heterocycles. The number of hydrogen-bond donors (Lipinski definition) is 0. The maximum absolute atomic E-state index is 13.7. The Morgan fingerprint density at radius 2 is 1.37 bits per heavy atom. The highest BCUT2D eigenvalue weighted by Crippen LogP contribution is 2.42. The fourth-order valence-corrected chi connectivity index (χ4v) is 12.6. The SMILES string of the molecule is CC[Si](CC)(CC)OCCC1OC(CC(CO[Si](C)(C)C(C)(C)C)O[Si](C)(C)C(C)(C)C)[C@H](OC)C1CS(=O)(=O)c1ccccc1. The van der Waals surface area contributed by atoms with Gasteiger partial charge in [-0.15, -0.1) is 0 Å². The van der Waals surface area contributed by atoms with Crippen molar-refractivity contribution in [1.82, 2.24) is 0 Å². The number of methoxy groups -OCH3 is 1. The van der Waals surface area contributed by atoms with Crippen LogP contribution in [-0.2, 0) is 32.6 Å². The highest BCUT2D eigenvalue weighted by atomic mass is 32.2. The molecule has 5 atom stereocenters. The van der Waals surface area contributed by atoms with Crippen LogP contribution in [0.4, 0.5) is 0 Å². The predicted molar refractivity (Wildman–Crippen MR) is 199 cm³/mol. The van der Waals surface area contributed by atoms with E-state index in [4.69, 9.17) is 22.8 Å². The Labute approximate surface area is 286 Å². The third-order valence-corrected chi connectivity index (χ3v) is 26.9. The first-order chi connectivity index (χ1) is 21.1. The van der Waals surface area contributed by atoms with Gasteiger partial charge in [0.1, 0.15) is 0 Å². The molecule has 1 fully saturated rings. The van der Waals surface area contributed by atoms with E-state index in [1.807, 2.05) is 6.07 Å². The second kappa shape index (κ2) is 16.6. The van der Waals surface area contributed by atoms with E-state index in [1.165, 1.54) is 0 Å². The average molecular weight is 717 g/mol. The predicted octanol–water partition coefficient (Wildman–Crippen LogP) is 9.07. The Bertz CT molecular complexity index is 1150. The van der Waals surface area contributed by atoms with Crippen LogP contribution in [0.15, 0.2) is 35.2 Å². The van der Waals surface area contributed by atoms with Gasteiger partial charge in [-0.05, 0) is 73.0 Å². The molecule has 0 radical (unpaired) electrons. The monoisotopic (exact) mass is 716 g/mol. The molecule has 1 aliphatic heterocycles. The van der Waals surface area contributed by atoms with Gasteiger partial charge in [0.15, 0.2) is 34.8 Å². The molecule has 0 spiro atoms. The number of sulfone groups is 1. The summed E-state index contributed by atoms with van der Waals surface area (Å²) in [6, 6.07) is 11.9. The summed E-state index contributed by atoms with van der Waals surface area (Å²) in [4.78, 5) is 0.333. The zero-order valence-corrected chi connectivity index (χ0v) is 35.5. The lowest BCUT2D eigenvalue weighted by atomic mass is 9.94. The van der Waals surface area contributed by atoms with Gasteiger partial charge in [-0.2, -0.15) is 0 Å². The van der Waals surface area contributed by atoms with Crippen molar-refractivity contribution in [2.45, 2.75) is 159 Å². The van der Waals surface area contributed by atoms with Crippen LogP contribution >= 0.6 is 0 Å². The van der Waals surface area contributed by atoms with E-state index in [2.05, 4.69) is 88.5 Å². The minimum absolute atomic E-state index is 0.0276. The summed E-state index contributed by atoms with van der Waals surface area (Å²) in [5.74, 6) is -0.373. The summed E-state index contributed by atoms with van der Waals surface area (Å²) in [5.41, 5.74) is 0. The summed E-state index contributed by atoms with van der Waals surface area (Å²) in [6.45, 7) is 30.3. The van der Waals surface area contributed by atoms with Gasteiger partial charge in [-0.25, -0.2) is 8.42 Å². The Morgan fingerprint density at radius 3 is 1.85 bits per heavy atom. The number of hydrogen-bond acceptors (Lipinski definition) is 7. The highest BCUT2D eigenvalue weighted by Gasteiger charge is 2.49. The fraction of sp³-hybridized carbons (Fsp3) is 0.829. The molecule has 1 aromatic carbocycles. The fourth-order valence-electron chi connectivity index (χ4n) is 5.84. The van der Waals surface area contributed by atoms with Crippen LogP contribution in [0.5, 0.6) is 0 Å². The third-order valence-electron chi connectivity index (χ3n) is 11.3. The minimum Gasteiger partial charge on any atom is -0.417 e. The quantitative estimate of drug-likeness (QED) is 0.140. The largest absolute Gasteiger partial charge is 0.417 e. The molecule has 1 aliphatic rings. The first-order valence-electron chi connectivity index (χ1n) is 17.5. The molecule has 0 saturated carbocycles. The second-order valence-corrected chi connectivity index (χ2v) is 32.7. The second-order valence-electron chi connectivity index (χ2n) is 16.4. The van der Waals surface area contributed by atoms with Crippen LogP contribution < -0.4 is 0 Å². The lowest BCUT2D eigenvalue weighted by molar-refractivity contribution is -0.0393. The van der Waals surface area contributed by atoms with E-state index in [0.29, 0.717) is 31.0 Å². The number of rotatable bonds is 18. The van der Waals surface area contributed by atoms with Crippen molar-refractivity contribution in [3.05, 3.63) is 30.3 Å². The van der Waals surface area contributed by atoms with Gasteiger partial charge in [-0.1, -0.05) is 80.5 Å².